The molecule has 4 heteroatoms. The Morgan fingerprint density at radius 3 is 3.18 bits per heavy atom. The summed E-state index contributed by atoms with van der Waals surface area (Å²) in [6, 6.07) is 2.31. The Balaban J connectivity index is 1.81. The smallest absolute Gasteiger partial charge is 0.224 e. The van der Waals surface area contributed by atoms with Crippen LogP contribution in [0.25, 0.3) is 0 Å². The lowest BCUT2D eigenvalue weighted by molar-refractivity contribution is -0.121. The maximum absolute atomic E-state index is 11.9. The molecule has 1 amide bonds. The average molecular weight is 253 g/mol. The molecule has 0 saturated heterocycles. The summed E-state index contributed by atoms with van der Waals surface area (Å²) in [6.45, 7) is 0.753. The lowest BCUT2D eigenvalue weighted by atomic mass is 10.0. The second-order valence-corrected chi connectivity index (χ2v) is 5.41. The monoisotopic (exact) mass is 253 g/mol. The van der Waals surface area contributed by atoms with E-state index in [1.165, 1.54) is 6.42 Å². The number of rotatable bonds is 5. The van der Waals surface area contributed by atoms with Crippen LogP contribution in [0.2, 0.25) is 0 Å². The molecule has 1 fully saturated rings. The minimum absolute atomic E-state index is 0.136. The highest BCUT2D eigenvalue weighted by Gasteiger charge is 2.28. The molecule has 0 radical (unpaired) electrons. The quantitative estimate of drug-likeness (QED) is 0.874. The number of carbonyl (C=O) groups excluding carboxylic acids is 1. The van der Waals surface area contributed by atoms with Crippen molar-refractivity contribution in [3.8, 4) is 0 Å². The van der Waals surface area contributed by atoms with Crippen LogP contribution in [-0.4, -0.2) is 25.7 Å². The zero-order valence-corrected chi connectivity index (χ0v) is 11.0. The second-order valence-electron chi connectivity index (χ2n) is 4.63. The molecule has 1 heterocycles. The van der Waals surface area contributed by atoms with Crippen molar-refractivity contribution in [3.05, 3.63) is 22.4 Å². The third-order valence-corrected chi connectivity index (χ3v) is 4.06. The van der Waals surface area contributed by atoms with E-state index >= 15 is 0 Å². The summed E-state index contributed by atoms with van der Waals surface area (Å²) in [7, 11) is 1.72. The van der Waals surface area contributed by atoms with Gasteiger partial charge < -0.3 is 10.1 Å². The Bertz CT molecular complexity index is 350. The number of ether oxygens (including phenoxy) is 1. The van der Waals surface area contributed by atoms with Crippen molar-refractivity contribution in [2.24, 2.45) is 5.92 Å². The van der Waals surface area contributed by atoms with E-state index in [0.29, 0.717) is 18.4 Å². The normalized spacial score (nSPS) is 23.8. The van der Waals surface area contributed by atoms with Crippen molar-refractivity contribution < 1.29 is 9.53 Å². The fourth-order valence-electron chi connectivity index (χ4n) is 2.48. The van der Waals surface area contributed by atoms with Crippen molar-refractivity contribution in [1.29, 1.82) is 0 Å². The number of methoxy groups -OCH3 is 1. The molecule has 0 bridgehead atoms. The van der Waals surface area contributed by atoms with E-state index in [4.69, 9.17) is 4.74 Å². The van der Waals surface area contributed by atoms with Gasteiger partial charge in [-0.2, -0.15) is 11.3 Å². The molecule has 94 valence electrons. The first-order valence-corrected chi connectivity index (χ1v) is 7.03. The molecule has 1 aliphatic rings. The summed E-state index contributed by atoms with van der Waals surface area (Å²) in [5.41, 5.74) is 1.11. The predicted octanol–water partition coefficient (Wildman–Crippen LogP) is 2.22. The molecule has 17 heavy (non-hydrogen) atoms. The number of carbonyl (C=O) groups is 1. The van der Waals surface area contributed by atoms with Crippen LogP contribution >= 0.6 is 11.3 Å². The summed E-state index contributed by atoms with van der Waals surface area (Å²) in [6.07, 6.45) is 3.94. The van der Waals surface area contributed by atoms with Crippen molar-refractivity contribution in [2.75, 3.05) is 13.7 Å². The summed E-state index contributed by atoms with van der Waals surface area (Å²) in [5, 5.41) is 7.17. The molecule has 1 saturated carbocycles. The zero-order valence-electron chi connectivity index (χ0n) is 10.1. The van der Waals surface area contributed by atoms with E-state index in [0.717, 1.165) is 25.0 Å². The largest absolute Gasteiger partial charge is 0.384 e. The summed E-state index contributed by atoms with van der Waals surface area (Å²) < 4.78 is 5.19. The van der Waals surface area contributed by atoms with Crippen LogP contribution in [0.4, 0.5) is 0 Å². The van der Waals surface area contributed by atoms with Gasteiger partial charge in [0.05, 0.1) is 13.0 Å². The number of hydrogen-bond donors (Lipinski definition) is 1. The Kier molecular flexibility index (Phi) is 4.57. The minimum Gasteiger partial charge on any atom is -0.384 e. The van der Waals surface area contributed by atoms with Gasteiger partial charge in [-0.15, -0.1) is 0 Å². The number of nitrogens with one attached hydrogen (secondary N) is 1. The highest BCUT2D eigenvalue weighted by molar-refractivity contribution is 7.07. The first-order valence-electron chi connectivity index (χ1n) is 6.09. The second kappa shape index (κ2) is 6.17. The van der Waals surface area contributed by atoms with Gasteiger partial charge in [-0.25, -0.2) is 0 Å². The third kappa shape index (κ3) is 3.54. The molecule has 0 aromatic carbocycles. The lowest BCUT2D eigenvalue weighted by Gasteiger charge is -2.20. The van der Waals surface area contributed by atoms with Crippen molar-refractivity contribution in [2.45, 2.75) is 31.7 Å². The molecular formula is C13H19NO2S. The van der Waals surface area contributed by atoms with Crippen LogP contribution in [0.15, 0.2) is 16.8 Å². The predicted molar refractivity (Wildman–Crippen MR) is 69.2 cm³/mol. The molecule has 0 aliphatic heterocycles. The number of hydrogen-bond acceptors (Lipinski definition) is 3. The SMILES string of the molecule is COC[C@@H]1CCC[C@@H]1NC(=O)Cc1ccsc1. The summed E-state index contributed by atoms with van der Waals surface area (Å²) in [4.78, 5) is 11.9. The molecule has 0 spiro atoms. The van der Waals surface area contributed by atoms with Crippen LogP contribution in [0.3, 0.4) is 0 Å². The highest BCUT2D eigenvalue weighted by Crippen LogP contribution is 2.25. The molecular weight excluding hydrogens is 234 g/mol. The Labute approximate surface area is 106 Å². The molecule has 1 aliphatic carbocycles. The van der Waals surface area contributed by atoms with Gasteiger partial charge in [0, 0.05) is 19.1 Å². The first kappa shape index (κ1) is 12.6. The van der Waals surface area contributed by atoms with Gasteiger partial charge in [0.2, 0.25) is 5.91 Å². The molecule has 0 unspecified atom stereocenters. The standard InChI is InChI=1S/C13H19NO2S/c1-16-8-11-3-2-4-12(11)14-13(15)7-10-5-6-17-9-10/h5-6,9,11-12H,2-4,7-8H2,1H3,(H,14,15)/t11-,12-/m0/s1. The Morgan fingerprint density at radius 1 is 1.59 bits per heavy atom. The van der Waals surface area contributed by atoms with E-state index in [2.05, 4.69) is 5.32 Å². The lowest BCUT2D eigenvalue weighted by Crippen LogP contribution is -2.39. The molecule has 1 aromatic rings. The van der Waals surface area contributed by atoms with Gasteiger partial charge in [-0.05, 0) is 35.2 Å². The van der Waals surface area contributed by atoms with Crippen LogP contribution in [-0.2, 0) is 16.0 Å². The molecule has 2 atom stereocenters. The first-order chi connectivity index (χ1) is 8.29. The number of amides is 1. The van der Waals surface area contributed by atoms with Crippen LogP contribution in [0, 0.1) is 5.92 Å². The van der Waals surface area contributed by atoms with E-state index in [-0.39, 0.29) is 5.91 Å². The highest BCUT2D eigenvalue weighted by atomic mass is 32.1. The fraction of sp³-hybridized carbons (Fsp3) is 0.615. The maximum atomic E-state index is 11.9. The maximum Gasteiger partial charge on any atom is 0.224 e. The van der Waals surface area contributed by atoms with Gasteiger partial charge in [0.25, 0.3) is 0 Å². The van der Waals surface area contributed by atoms with E-state index in [1.807, 2.05) is 16.8 Å². The molecule has 1 N–H and O–H groups in total. The molecule has 1 aromatic heterocycles. The Morgan fingerprint density at radius 2 is 2.47 bits per heavy atom. The van der Waals surface area contributed by atoms with Crippen LogP contribution in [0.5, 0.6) is 0 Å². The van der Waals surface area contributed by atoms with E-state index in [9.17, 15) is 4.79 Å². The fourth-order valence-corrected chi connectivity index (χ4v) is 3.15. The minimum atomic E-state index is 0.136. The van der Waals surface area contributed by atoms with E-state index in [1.54, 1.807) is 18.4 Å². The van der Waals surface area contributed by atoms with Gasteiger partial charge in [-0.3, -0.25) is 4.79 Å². The summed E-state index contributed by atoms with van der Waals surface area (Å²) in [5.74, 6) is 0.628. The van der Waals surface area contributed by atoms with Crippen LogP contribution < -0.4 is 5.32 Å². The van der Waals surface area contributed by atoms with Gasteiger partial charge in [-0.1, -0.05) is 6.42 Å². The molecule has 3 nitrogen and oxygen atoms in total. The van der Waals surface area contributed by atoms with Crippen molar-refractivity contribution in [3.63, 3.8) is 0 Å². The average Bonchev–Trinajstić information content (AvgIpc) is 2.92. The Hall–Kier alpha value is -0.870. The zero-order chi connectivity index (χ0) is 12.1. The van der Waals surface area contributed by atoms with Crippen molar-refractivity contribution in [1.82, 2.24) is 5.32 Å². The third-order valence-electron chi connectivity index (χ3n) is 3.33. The number of thiophene rings is 1. The topological polar surface area (TPSA) is 38.3 Å². The molecule has 2 rings (SSSR count). The van der Waals surface area contributed by atoms with Crippen molar-refractivity contribution >= 4 is 17.2 Å². The van der Waals surface area contributed by atoms with Gasteiger partial charge >= 0.3 is 0 Å². The van der Waals surface area contributed by atoms with Gasteiger partial charge in [0.15, 0.2) is 0 Å². The van der Waals surface area contributed by atoms with Gasteiger partial charge in [0.1, 0.15) is 0 Å². The van der Waals surface area contributed by atoms with Crippen LogP contribution in [0.1, 0.15) is 24.8 Å². The van der Waals surface area contributed by atoms with E-state index < -0.39 is 0 Å². The summed E-state index contributed by atoms with van der Waals surface area (Å²) >= 11 is 1.63.